The van der Waals surface area contributed by atoms with E-state index >= 15 is 0 Å². The largest absolute Gasteiger partial charge is 0.370 e. The van der Waals surface area contributed by atoms with Gasteiger partial charge in [0.05, 0.1) is 0 Å². The fourth-order valence-electron chi connectivity index (χ4n) is 2.55. The second-order valence-corrected chi connectivity index (χ2v) is 5.12. The standard InChI is InChI=1S/C14H20N6/c15-14(19-8-4-1-2-5-9-19)16-11-13-18-17-12-7-3-6-10-20(12)13/h3,6-7,10H,1-2,4-5,8-9,11H2,(H2,15,16). The zero-order chi connectivity index (χ0) is 13.8. The normalized spacial score (nSPS) is 17.4. The third-order valence-electron chi connectivity index (χ3n) is 3.70. The van der Waals surface area contributed by atoms with Crippen molar-refractivity contribution in [2.75, 3.05) is 13.1 Å². The molecule has 106 valence electrons. The van der Waals surface area contributed by atoms with Gasteiger partial charge >= 0.3 is 0 Å². The molecule has 1 aliphatic rings. The highest BCUT2D eigenvalue weighted by molar-refractivity contribution is 5.78. The summed E-state index contributed by atoms with van der Waals surface area (Å²) in [4.78, 5) is 6.66. The number of aromatic nitrogens is 3. The SMILES string of the molecule is NC(=NCc1nnc2ccccn12)N1CCCCCC1. The van der Waals surface area contributed by atoms with Crippen LogP contribution < -0.4 is 5.73 Å². The molecule has 2 N–H and O–H groups in total. The first-order chi connectivity index (χ1) is 9.84. The van der Waals surface area contributed by atoms with Gasteiger partial charge in [0.2, 0.25) is 0 Å². The van der Waals surface area contributed by atoms with E-state index in [-0.39, 0.29) is 0 Å². The van der Waals surface area contributed by atoms with Crippen molar-refractivity contribution in [1.29, 1.82) is 0 Å². The van der Waals surface area contributed by atoms with E-state index in [1.54, 1.807) is 0 Å². The predicted octanol–water partition coefficient (Wildman–Crippen LogP) is 1.42. The number of nitrogens with zero attached hydrogens (tertiary/aromatic N) is 5. The van der Waals surface area contributed by atoms with Crippen LogP contribution in [0, 0.1) is 0 Å². The van der Waals surface area contributed by atoms with Crippen LogP contribution in [0.2, 0.25) is 0 Å². The van der Waals surface area contributed by atoms with E-state index < -0.39 is 0 Å². The van der Waals surface area contributed by atoms with Crippen molar-refractivity contribution >= 4 is 11.6 Å². The van der Waals surface area contributed by atoms with Gasteiger partial charge in [-0.15, -0.1) is 10.2 Å². The van der Waals surface area contributed by atoms with E-state index in [1.165, 1.54) is 25.7 Å². The van der Waals surface area contributed by atoms with Gasteiger partial charge in [-0.25, -0.2) is 4.99 Å². The van der Waals surface area contributed by atoms with Crippen LogP contribution in [0.25, 0.3) is 5.65 Å². The minimum atomic E-state index is 0.466. The molecule has 0 radical (unpaired) electrons. The molecule has 6 nitrogen and oxygen atoms in total. The zero-order valence-corrected chi connectivity index (χ0v) is 11.6. The third-order valence-corrected chi connectivity index (χ3v) is 3.70. The monoisotopic (exact) mass is 272 g/mol. The fourth-order valence-corrected chi connectivity index (χ4v) is 2.55. The Morgan fingerprint density at radius 1 is 1.15 bits per heavy atom. The van der Waals surface area contributed by atoms with Gasteiger partial charge < -0.3 is 10.6 Å². The van der Waals surface area contributed by atoms with Crippen LogP contribution in [0.3, 0.4) is 0 Å². The van der Waals surface area contributed by atoms with E-state index in [1.807, 2.05) is 28.8 Å². The lowest BCUT2D eigenvalue weighted by Gasteiger charge is -2.20. The maximum absolute atomic E-state index is 6.10. The van der Waals surface area contributed by atoms with E-state index in [0.29, 0.717) is 12.5 Å². The quantitative estimate of drug-likeness (QED) is 0.663. The van der Waals surface area contributed by atoms with Crippen LogP contribution in [0.1, 0.15) is 31.5 Å². The molecular weight excluding hydrogens is 252 g/mol. The molecule has 0 atom stereocenters. The zero-order valence-electron chi connectivity index (χ0n) is 11.6. The Labute approximate surface area is 118 Å². The number of fused-ring (bicyclic) bond motifs is 1. The maximum atomic E-state index is 6.10. The van der Waals surface area contributed by atoms with Gasteiger partial charge in [0, 0.05) is 19.3 Å². The van der Waals surface area contributed by atoms with Gasteiger partial charge in [-0.2, -0.15) is 0 Å². The van der Waals surface area contributed by atoms with Crippen molar-refractivity contribution < 1.29 is 0 Å². The Balaban J connectivity index is 1.72. The maximum Gasteiger partial charge on any atom is 0.191 e. The summed E-state index contributed by atoms with van der Waals surface area (Å²) in [5.41, 5.74) is 6.94. The molecule has 3 heterocycles. The van der Waals surface area contributed by atoms with Gasteiger partial charge in [-0.05, 0) is 25.0 Å². The second-order valence-electron chi connectivity index (χ2n) is 5.12. The average molecular weight is 272 g/mol. The molecule has 0 aliphatic carbocycles. The van der Waals surface area contributed by atoms with Crippen molar-refractivity contribution in [3.8, 4) is 0 Å². The highest BCUT2D eigenvalue weighted by Gasteiger charge is 2.11. The number of hydrogen-bond acceptors (Lipinski definition) is 3. The molecule has 1 aliphatic heterocycles. The Morgan fingerprint density at radius 3 is 2.75 bits per heavy atom. The van der Waals surface area contributed by atoms with Crippen LogP contribution in [0.4, 0.5) is 0 Å². The summed E-state index contributed by atoms with van der Waals surface area (Å²) in [6, 6.07) is 5.84. The number of hydrogen-bond donors (Lipinski definition) is 1. The number of guanidine groups is 1. The van der Waals surface area contributed by atoms with E-state index in [9.17, 15) is 0 Å². The second kappa shape index (κ2) is 5.90. The molecule has 0 bridgehead atoms. The van der Waals surface area contributed by atoms with Crippen molar-refractivity contribution in [2.45, 2.75) is 32.2 Å². The first-order valence-electron chi connectivity index (χ1n) is 7.18. The van der Waals surface area contributed by atoms with Crippen molar-refractivity contribution in [2.24, 2.45) is 10.7 Å². The number of aliphatic imine (C=N–C) groups is 1. The molecule has 1 saturated heterocycles. The Kier molecular flexibility index (Phi) is 3.80. The Morgan fingerprint density at radius 2 is 1.95 bits per heavy atom. The van der Waals surface area contributed by atoms with Gasteiger partial charge in [-0.3, -0.25) is 4.40 Å². The van der Waals surface area contributed by atoms with Crippen LogP contribution in [-0.2, 0) is 6.54 Å². The van der Waals surface area contributed by atoms with E-state index in [2.05, 4.69) is 20.1 Å². The summed E-state index contributed by atoms with van der Waals surface area (Å²) in [6.07, 6.45) is 6.92. The summed E-state index contributed by atoms with van der Waals surface area (Å²) < 4.78 is 1.94. The topological polar surface area (TPSA) is 71.8 Å². The van der Waals surface area contributed by atoms with Crippen molar-refractivity contribution in [3.63, 3.8) is 0 Å². The van der Waals surface area contributed by atoms with Gasteiger partial charge in [0.1, 0.15) is 6.54 Å². The average Bonchev–Trinajstić information content (AvgIpc) is 2.70. The molecule has 0 spiro atoms. The van der Waals surface area contributed by atoms with Crippen LogP contribution >= 0.6 is 0 Å². The van der Waals surface area contributed by atoms with Crippen molar-refractivity contribution in [1.82, 2.24) is 19.5 Å². The molecular formula is C14H20N6. The minimum absolute atomic E-state index is 0.466. The molecule has 3 rings (SSSR count). The number of pyridine rings is 1. The molecule has 0 aromatic carbocycles. The lowest BCUT2D eigenvalue weighted by atomic mass is 10.2. The predicted molar refractivity (Wildman–Crippen MR) is 78.4 cm³/mol. The molecule has 0 amide bonds. The molecule has 6 heteroatoms. The highest BCUT2D eigenvalue weighted by atomic mass is 15.3. The van der Waals surface area contributed by atoms with E-state index in [0.717, 1.165) is 24.6 Å². The van der Waals surface area contributed by atoms with Gasteiger partial charge in [-0.1, -0.05) is 18.9 Å². The summed E-state index contributed by atoms with van der Waals surface area (Å²) in [5.74, 6) is 1.44. The van der Waals surface area contributed by atoms with Crippen LogP contribution in [0.5, 0.6) is 0 Å². The fraction of sp³-hybridized carbons (Fsp3) is 0.500. The minimum Gasteiger partial charge on any atom is -0.370 e. The molecule has 2 aromatic heterocycles. The third kappa shape index (κ3) is 2.74. The lowest BCUT2D eigenvalue weighted by Crippen LogP contribution is -2.38. The first kappa shape index (κ1) is 12.9. The number of rotatable bonds is 2. The Hall–Kier alpha value is -2.11. The van der Waals surface area contributed by atoms with Crippen molar-refractivity contribution in [3.05, 3.63) is 30.2 Å². The molecule has 0 unspecified atom stereocenters. The highest BCUT2D eigenvalue weighted by Crippen LogP contribution is 2.10. The van der Waals surface area contributed by atoms with Gasteiger partial charge in [0.15, 0.2) is 17.4 Å². The van der Waals surface area contributed by atoms with E-state index in [4.69, 9.17) is 5.73 Å². The number of likely N-dealkylation sites (tertiary alicyclic amines) is 1. The Bertz CT molecular complexity index is 594. The number of nitrogens with two attached hydrogens (primary N) is 1. The lowest BCUT2D eigenvalue weighted by molar-refractivity contribution is 0.428. The van der Waals surface area contributed by atoms with Gasteiger partial charge in [0.25, 0.3) is 0 Å². The summed E-state index contributed by atoms with van der Waals surface area (Å²) >= 11 is 0. The smallest absolute Gasteiger partial charge is 0.191 e. The van der Waals surface area contributed by atoms with Crippen LogP contribution in [0.15, 0.2) is 29.4 Å². The van der Waals surface area contributed by atoms with Crippen LogP contribution in [-0.4, -0.2) is 38.5 Å². The molecule has 1 fully saturated rings. The summed E-state index contributed by atoms with van der Waals surface area (Å²) in [7, 11) is 0. The summed E-state index contributed by atoms with van der Waals surface area (Å²) in [5, 5.41) is 8.28. The molecule has 2 aromatic rings. The summed E-state index contributed by atoms with van der Waals surface area (Å²) in [6.45, 7) is 2.49. The first-order valence-corrected chi connectivity index (χ1v) is 7.18. The molecule has 0 saturated carbocycles. The molecule has 20 heavy (non-hydrogen) atoms.